The summed E-state index contributed by atoms with van der Waals surface area (Å²) in [6, 6.07) is -0.328. The predicted octanol–water partition coefficient (Wildman–Crippen LogP) is 2.75. The van der Waals surface area contributed by atoms with E-state index in [0.717, 1.165) is 17.7 Å². The first-order valence-corrected chi connectivity index (χ1v) is 5.35. The Morgan fingerprint density at radius 2 is 2.06 bits per heavy atom. The third kappa shape index (κ3) is 3.87. The summed E-state index contributed by atoms with van der Waals surface area (Å²) in [5.41, 5.74) is 0. The number of carbonyl (C=O) groups excluding carboxylic acids is 1. The average Bonchev–Trinajstić information content (AvgIpc) is 2.95. The van der Waals surface area contributed by atoms with Crippen molar-refractivity contribution in [2.24, 2.45) is 5.92 Å². The van der Waals surface area contributed by atoms with Crippen molar-refractivity contribution in [3.63, 3.8) is 0 Å². The fourth-order valence-electron chi connectivity index (χ4n) is 1.69. The first kappa shape index (κ1) is 13.1. The lowest BCUT2D eigenvalue weighted by Gasteiger charge is -2.29. The monoisotopic (exact) mass is 235 g/mol. The Morgan fingerprint density at radius 3 is 2.44 bits per heavy atom. The molecule has 1 amide bonds. The first-order valence-electron chi connectivity index (χ1n) is 5.35. The number of alkyl halides is 3. The second-order valence-electron chi connectivity index (χ2n) is 4.16. The van der Waals surface area contributed by atoms with Gasteiger partial charge in [0.15, 0.2) is 0 Å². The lowest BCUT2D eigenvalue weighted by Crippen LogP contribution is -2.44. The molecule has 0 saturated heterocycles. The van der Waals surface area contributed by atoms with Gasteiger partial charge in [0, 0.05) is 6.04 Å². The molecule has 1 atom stereocenters. The molecular weight excluding hydrogens is 219 g/mol. The second kappa shape index (κ2) is 4.89. The highest BCUT2D eigenvalue weighted by Crippen LogP contribution is 2.36. The van der Waals surface area contributed by atoms with Crippen LogP contribution in [0.1, 0.15) is 26.7 Å². The Hall–Kier alpha value is -1.00. The van der Waals surface area contributed by atoms with Crippen molar-refractivity contribution in [1.29, 1.82) is 0 Å². The molecule has 0 aromatic heterocycles. The largest absolute Gasteiger partial charge is 0.406 e. The average molecular weight is 235 g/mol. The standard InChI is InChI=1S/C11H16F3NO/c1-3-4-10(16)15(7-11(12,13)14)8(2)9-5-6-9/h3-4,8-9H,5-7H2,1-2H3. The van der Waals surface area contributed by atoms with Crippen LogP contribution in [0.3, 0.4) is 0 Å². The van der Waals surface area contributed by atoms with E-state index in [0.29, 0.717) is 0 Å². The zero-order chi connectivity index (χ0) is 12.3. The maximum Gasteiger partial charge on any atom is 0.406 e. The Kier molecular flexibility index (Phi) is 3.99. The summed E-state index contributed by atoms with van der Waals surface area (Å²) >= 11 is 0. The molecule has 92 valence electrons. The highest BCUT2D eigenvalue weighted by Gasteiger charge is 2.39. The topological polar surface area (TPSA) is 20.3 Å². The van der Waals surface area contributed by atoms with E-state index in [2.05, 4.69) is 0 Å². The summed E-state index contributed by atoms with van der Waals surface area (Å²) in [5, 5.41) is 0. The molecule has 1 aliphatic carbocycles. The van der Waals surface area contributed by atoms with Gasteiger partial charge in [-0.25, -0.2) is 0 Å². The van der Waals surface area contributed by atoms with Gasteiger partial charge in [-0.05, 0) is 38.7 Å². The number of rotatable bonds is 4. The van der Waals surface area contributed by atoms with Gasteiger partial charge in [-0.3, -0.25) is 4.79 Å². The van der Waals surface area contributed by atoms with Gasteiger partial charge in [0.25, 0.3) is 0 Å². The van der Waals surface area contributed by atoms with Crippen molar-refractivity contribution < 1.29 is 18.0 Å². The molecule has 0 heterocycles. The minimum absolute atomic E-state index is 0.233. The third-order valence-electron chi connectivity index (χ3n) is 2.74. The van der Waals surface area contributed by atoms with Crippen LogP contribution >= 0.6 is 0 Å². The van der Waals surface area contributed by atoms with Crippen LogP contribution in [-0.4, -0.2) is 29.6 Å². The van der Waals surface area contributed by atoms with E-state index < -0.39 is 18.6 Å². The van der Waals surface area contributed by atoms with Crippen molar-refractivity contribution in [2.75, 3.05) is 6.54 Å². The summed E-state index contributed by atoms with van der Waals surface area (Å²) < 4.78 is 37.0. The van der Waals surface area contributed by atoms with Gasteiger partial charge in [0.2, 0.25) is 5.91 Å². The van der Waals surface area contributed by atoms with Crippen LogP contribution in [-0.2, 0) is 4.79 Å². The Morgan fingerprint density at radius 1 is 1.50 bits per heavy atom. The third-order valence-corrected chi connectivity index (χ3v) is 2.74. The molecule has 0 aromatic carbocycles. The normalized spacial score (nSPS) is 18.8. The van der Waals surface area contributed by atoms with Gasteiger partial charge in [-0.1, -0.05) is 6.08 Å². The molecule has 5 heteroatoms. The molecule has 16 heavy (non-hydrogen) atoms. The van der Waals surface area contributed by atoms with Crippen LogP contribution in [0.25, 0.3) is 0 Å². The Balaban J connectivity index is 2.71. The smallest absolute Gasteiger partial charge is 0.327 e. The number of carbonyl (C=O) groups is 1. The summed E-state index contributed by atoms with van der Waals surface area (Å²) in [6.07, 6.45) is 0.146. The quantitative estimate of drug-likeness (QED) is 0.686. The molecule has 0 spiro atoms. The molecule has 0 aliphatic heterocycles. The van der Waals surface area contributed by atoms with E-state index in [9.17, 15) is 18.0 Å². The number of hydrogen-bond acceptors (Lipinski definition) is 1. The summed E-state index contributed by atoms with van der Waals surface area (Å²) in [7, 11) is 0. The number of halogens is 3. The van der Waals surface area contributed by atoms with Gasteiger partial charge in [-0.2, -0.15) is 13.2 Å². The molecular formula is C11H16F3NO. The van der Waals surface area contributed by atoms with Crippen molar-refractivity contribution >= 4 is 5.91 Å². The van der Waals surface area contributed by atoms with Crippen molar-refractivity contribution in [3.05, 3.63) is 12.2 Å². The summed E-state index contributed by atoms with van der Waals surface area (Å²) in [4.78, 5) is 12.4. The van der Waals surface area contributed by atoms with Crippen molar-refractivity contribution in [2.45, 2.75) is 38.9 Å². The van der Waals surface area contributed by atoms with Gasteiger partial charge in [0.05, 0.1) is 0 Å². The van der Waals surface area contributed by atoms with Crippen LogP contribution in [0.2, 0.25) is 0 Å². The lowest BCUT2D eigenvalue weighted by molar-refractivity contribution is -0.162. The highest BCUT2D eigenvalue weighted by molar-refractivity contribution is 5.87. The van der Waals surface area contributed by atoms with Gasteiger partial charge in [-0.15, -0.1) is 0 Å². The van der Waals surface area contributed by atoms with E-state index >= 15 is 0 Å². The Bertz CT molecular complexity index is 281. The molecule has 0 radical (unpaired) electrons. The maximum atomic E-state index is 12.3. The fourth-order valence-corrected chi connectivity index (χ4v) is 1.69. The number of amides is 1. The van der Waals surface area contributed by atoms with Crippen LogP contribution in [0.15, 0.2) is 12.2 Å². The zero-order valence-electron chi connectivity index (χ0n) is 9.42. The highest BCUT2D eigenvalue weighted by atomic mass is 19.4. The van der Waals surface area contributed by atoms with Gasteiger partial charge < -0.3 is 4.90 Å². The van der Waals surface area contributed by atoms with E-state index in [1.54, 1.807) is 13.8 Å². The zero-order valence-corrected chi connectivity index (χ0v) is 9.42. The second-order valence-corrected chi connectivity index (χ2v) is 4.16. The summed E-state index contributed by atoms with van der Waals surface area (Å²) in [5.74, 6) is -0.323. The molecule has 0 aromatic rings. The first-order chi connectivity index (χ1) is 7.35. The molecule has 0 bridgehead atoms. The Labute approximate surface area is 93.1 Å². The molecule has 2 nitrogen and oxygen atoms in total. The number of allylic oxidation sites excluding steroid dienone is 1. The van der Waals surface area contributed by atoms with Crippen LogP contribution in [0.4, 0.5) is 13.2 Å². The fraction of sp³-hybridized carbons (Fsp3) is 0.727. The van der Waals surface area contributed by atoms with E-state index in [-0.39, 0.29) is 12.0 Å². The molecule has 0 N–H and O–H groups in total. The molecule has 1 fully saturated rings. The molecule has 1 saturated carbocycles. The number of hydrogen-bond donors (Lipinski definition) is 0. The predicted molar refractivity (Wildman–Crippen MR) is 54.8 cm³/mol. The van der Waals surface area contributed by atoms with E-state index in [1.807, 2.05) is 0 Å². The van der Waals surface area contributed by atoms with E-state index in [1.165, 1.54) is 12.2 Å². The van der Waals surface area contributed by atoms with E-state index in [4.69, 9.17) is 0 Å². The lowest BCUT2D eigenvalue weighted by atomic mass is 10.1. The van der Waals surface area contributed by atoms with Crippen LogP contribution in [0, 0.1) is 5.92 Å². The van der Waals surface area contributed by atoms with Gasteiger partial charge in [0.1, 0.15) is 6.54 Å². The summed E-state index contributed by atoms with van der Waals surface area (Å²) in [6.45, 7) is 2.14. The van der Waals surface area contributed by atoms with Crippen molar-refractivity contribution in [1.82, 2.24) is 4.90 Å². The SMILES string of the molecule is CC=CC(=O)N(CC(F)(F)F)C(C)C1CC1. The number of nitrogens with zero attached hydrogens (tertiary/aromatic N) is 1. The minimum Gasteiger partial charge on any atom is -0.327 e. The van der Waals surface area contributed by atoms with Crippen LogP contribution < -0.4 is 0 Å². The molecule has 1 rings (SSSR count). The molecule has 1 unspecified atom stereocenters. The van der Waals surface area contributed by atoms with Crippen LogP contribution in [0.5, 0.6) is 0 Å². The van der Waals surface area contributed by atoms with Crippen molar-refractivity contribution in [3.8, 4) is 0 Å². The van der Waals surface area contributed by atoms with Gasteiger partial charge >= 0.3 is 6.18 Å². The molecule has 1 aliphatic rings. The minimum atomic E-state index is -4.33. The maximum absolute atomic E-state index is 12.3.